The van der Waals surface area contributed by atoms with E-state index in [1.807, 2.05) is 42.5 Å². The van der Waals surface area contributed by atoms with Gasteiger partial charge in [-0.25, -0.2) is 5.48 Å². The van der Waals surface area contributed by atoms with Crippen molar-refractivity contribution >= 4 is 5.91 Å². The Hall–Kier alpha value is -3.29. The Labute approximate surface area is 182 Å². The third kappa shape index (κ3) is 6.34. The quantitative estimate of drug-likeness (QED) is 0.466. The second-order valence-electron chi connectivity index (χ2n) is 6.95. The van der Waals surface area contributed by atoms with Gasteiger partial charge in [0.15, 0.2) is 17.3 Å². The Morgan fingerprint density at radius 1 is 0.903 bits per heavy atom. The standard InChI is InChI=1S/C24H28N2O5/c1-4-30-25-24(27)22-13-11-20(31-22)17-26(15-18-8-6-5-7-9-18)16-19-10-12-21(28-2)23(14-19)29-3/h5-14H,4,15-17H2,1-3H3,(H,25,27). The number of carbonyl (C=O) groups excluding carboxylic acids is 1. The SMILES string of the molecule is CCONC(=O)c1ccc(CN(Cc2ccccc2)Cc2ccc(OC)c(OC)c2)o1. The first-order valence-corrected chi connectivity index (χ1v) is 10.1. The number of ether oxygens (including phenoxy) is 2. The van der Waals surface area contributed by atoms with Gasteiger partial charge in [-0.3, -0.25) is 14.5 Å². The molecule has 1 N–H and O–H groups in total. The molecule has 0 fully saturated rings. The zero-order chi connectivity index (χ0) is 22.1. The number of hydrogen-bond acceptors (Lipinski definition) is 6. The first-order valence-electron chi connectivity index (χ1n) is 10.1. The summed E-state index contributed by atoms with van der Waals surface area (Å²) in [4.78, 5) is 19.2. The minimum absolute atomic E-state index is 0.217. The number of benzene rings is 2. The van der Waals surface area contributed by atoms with Crippen molar-refractivity contribution in [3.8, 4) is 11.5 Å². The van der Waals surface area contributed by atoms with Gasteiger partial charge < -0.3 is 13.9 Å². The summed E-state index contributed by atoms with van der Waals surface area (Å²) in [5.41, 5.74) is 4.61. The van der Waals surface area contributed by atoms with Crippen molar-refractivity contribution in [1.82, 2.24) is 10.4 Å². The molecular weight excluding hydrogens is 396 g/mol. The molecule has 0 bridgehead atoms. The number of amides is 1. The largest absolute Gasteiger partial charge is 0.493 e. The Kier molecular flexibility index (Phi) is 8.09. The maximum atomic E-state index is 12.0. The van der Waals surface area contributed by atoms with Gasteiger partial charge in [-0.05, 0) is 42.3 Å². The number of nitrogens with one attached hydrogen (secondary N) is 1. The predicted molar refractivity (Wildman–Crippen MR) is 117 cm³/mol. The third-order valence-electron chi connectivity index (χ3n) is 4.68. The molecule has 1 amide bonds. The molecule has 3 aromatic rings. The van der Waals surface area contributed by atoms with Crippen molar-refractivity contribution in [2.24, 2.45) is 0 Å². The summed E-state index contributed by atoms with van der Waals surface area (Å²) in [6.07, 6.45) is 0. The molecule has 7 heteroatoms. The summed E-state index contributed by atoms with van der Waals surface area (Å²) < 4.78 is 16.5. The minimum Gasteiger partial charge on any atom is -0.493 e. The van der Waals surface area contributed by atoms with Crippen molar-refractivity contribution in [3.63, 3.8) is 0 Å². The van der Waals surface area contributed by atoms with E-state index in [0.29, 0.717) is 37.0 Å². The van der Waals surface area contributed by atoms with Crippen LogP contribution in [0.3, 0.4) is 0 Å². The van der Waals surface area contributed by atoms with Crippen molar-refractivity contribution in [1.29, 1.82) is 0 Å². The van der Waals surface area contributed by atoms with Gasteiger partial charge in [0.2, 0.25) is 0 Å². The molecular formula is C24H28N2O5. The second-order valence-corrected chi connectivity index (χ2v) is 6.95. The van der Waals surface area contributed by atoms with Gasteiger partial charge in [-0.1, -0.05) is 36.4 Å². The van der Waals surface area contributed by atoms with Gasteiger partial charge in [0.05, 0.1) is 27.4 Å². The van der Waals surface area contributed by atoms with Crippen molar-refractivity contribution in [3.05, 3.63) is 83.3 Å². The van der Waals surface area contributed by atoms with E-state index in [-0.39, 0.29) is 5.76 Å². The van der Waals surface area contributed by atoms with E-state index in [1.54, 1.807) is 27.2 Å². The van der Waals surface area contributed by atoms with Crippen molar-refractivity contribution in [2.45, 2.75) is 26.6 Å². The number of nitrogens with zero attached hydrogens (tertiary/aromatic N) is 1. The number of furan rings is 1. The lowest BCUT2D eigenvalue weighted by Crippen LogP contribution is -2.23. The van der Waals surface area contributed by atoms with Crippen molar-refractivity contribution < 1.29 is 23.5 Å². The fourth-order valence-corrected chi connectivity index (χ4v) is 3.24. The molecule has 1 heterocycles. The van der Waals surface area contributed by atoms with Gasteiger partial charge in [-0.15, -0.1) is 0 Å². The van der Waals surface area contributed by atoms with Crippen LogP contribution in [-0.4, -0.2) is 31.6 Å². The summed E-state index contributed by atoms with van der Waals surface area (Å²) in [5.74, 6) is 1.89. The van der Waals surface area contributed by atoms with E-state index in [2.05, 4.69) is 22.5 Å². The zero-order valence-corrected chi connectivity index (χ0v) is 18.1. The highest BCUT2D eigenvalue weighted by atomic mass is 16.7. The first kappa shape index (κ1) is 22.4. The number of methoxy groups -OCH3 is 2. The normalized spacial score (nSPS) is 10.8. The molecule has 0 spiro atoms. The molecule has 7 nitrogen and oxygen atoms in total. The maximum absolute atomic E-state index is 12.0. The lowest BCUT2D eigenvalue weighted by Gasteiger charge is -2.22. The average molecular weight is 424 g/mol. The molecule has 0 atom stereocenters. The van der Waals surface area contributed by atoms with Gasteiger partial charge in [0.1, 0.15) is 5.76 Å². The van der Waals surface area contributed by atoms with Crippen molar-refractivity contribution in [2.75, 3.05) is 20.8 Å². The van der Waals surface area contributed by atoms with Crippen LogP contribution >= 0.6 is 0 Å². The Bertz CT molecular complexity index is 971. The molecule has 164 valence electrons. The summed E-state index contributed by atoms with van der Waals surface area (Å²) in [5, 5.41) is 0. The van der Waals surface area contributed by atoms with Crippen LogP contribution in [0.4, 0.5) is 0 Å². The number of carbonyl (C=O) groups is 1. The van der Waals surface area contributed by atoms with Crippen LogP contribution < -0.4 is 15.0 Å². The van der Waals surface area contributed by atoms with Crippen LogP contribution in [0.15, 0.2) is 65.1 Å². The van der Waals surface area contributed by atoms with E-state index in [0.717, 1.165) is 12.1 Å². The highest BCUT2D eigenvalue weighted by molar-refractivity contribution is 5.90. The summed E-state index contributed by atoms with van der Waals surface area (Å²) in [6.45, 7) is 4.09. The topological polar surface area (TPSA) is 73.2 Å². The van der Waals surface area contributed by atoms with Gasteiger partial charge in [0.25, 0.3) is 0 Å². The predicted octanol–water partition coefficient (Wildman–Crippen LogP) is 4.18. The zero-order valence-electron chi connectivity index (χ0n) is 18.1. The first-order chi connectivity index (χ1) is 15.1. The van der Waals surface area contributed by atoms with Gasteiger partial charge in [-0.2, -0.15) is 0 Å². The summed E-state index contributed by atoms with van der Waals surface area (Å²) in [7, 11) is 3.25. The second kappa shape index (κ2) is 11.2. The van der Waals surface area contributed by atoms with E-state index >= 15 is 0 Å². The van der Waals surface area contributed by atoms with E-state index in [4.69, 9.17) is 18.7 Å². The summed E-state index contributed by atoms with van der Waals surface area (Å²) in [6, 6.07) is 19.6. The van der Waals surface area contributed by atoms with Gasteiger partial charge >= 0.3 is 5.91 Å². The molecule has 0 aliphatic heterocycles. The fraction of sp³-hybridized carbons (Fsp3) is 0.292. The number of hydroxylamine groups is 1. The van der Waals surface area contributed by atoms with E-state index in [1.165, 1.54) is 5.56 Å². The van der Waals surface area contributed by atoms with Gasteiger partial charge in [0, 0.05) is 13.1 Å². The molecule has 0 saturated carbocycles. The van der Waals surface area contributed by atoms with Crippen LogP contribution in [0.1, 0.15) is 34.4 Å². The molecule has 0 radical (unpaired) electrons. The number of rotatable bonds is 11. The Morgan fingerprint density at radius 2 is 1.65 bits per heavy atom. The molecule has 0 aliphatic rings. The highest BCUT2D eigenvalue weighted by Crippen LogP contribution is 2.28. The lowest BCUT2D eigenvalue weighted by atomic mass is 10.1. The van der Waals surface area contributed by atoms with Crippen LogP contribution in [-0.2, 0) is 24.5 Å². The Morgan fingerprint density at radius 3 is 2.35 bits per heavy atom. The molecule has 0 saturated heterocycles. The molecule has 0 unspecified atom stereocenters. The molecule has 2 aromatic carbocycles. The van der Waals surface area contributed by atoms with Crippen LogP contribution in [0, 0.1) is 0 Å². The smallest absolute Gasteiger partial charge is 0.310 e. The summed E-state index contributed by atoms with van der Waals surface area (Å²) >= 11 is 0. The monoisotopic (exact) mass is 424 g/mol. The molecule has 31 heavy (non-hydrogen) atoms. The average Bonchev–Trinajstić information content (AvgIpc) is 3.26. The fourth-order valence-electron chi connectivity index (χ4n) is 3.24. The molecule has 0 aliphatic carbocycles. The van der Waals surface area contributed by atoms with E-state index in [9.17, 15) is 4.79 Å². The maximum Gasteiger partial charge on any atom is 0.310 e. The minimum atomic E-state index is -0.400. The third-order valence-corrected chi connectivity index (χ3v) is 4.68. The highest BCUT2D eigenvalue weighted by Gasteiger charge is 2.15. The van der Waals surface area contributed by atoms with Crippen LogP contribution in [0.2, 0.25) is 0 Å². The van der Waals surface area contributed by atoms with E-state index < -0.39 is 5.91 Å². The molecule has 1 aromatic heterocycles. The molecule has 3 rings (SSSR count). The number of hydrogen-bond donors (Lipinski definition) is 1. The van der Waals surface area contributed by atoms with Crippen LogP contribution in [0.25, 0.3) is 0 Å². The van der Waals surface area contributed by atoms with Crippen LogP contribution in [0.5, 0.6) is 11.5 Å². The Balaban J connectivity index is 1.77. The lowest BCUT2D eigenvalue weighted by molar-refractivity contribution is 0.0338.